The quantitative estimate of drug-likeness (QED) is 0.0261. The first-order valence-corrected chi connectivity index (χ1v) is 31.2. The molecule has 0 bridgehead atoms. The number of esters is 3. The van der Waals surface area contributed by atoms with Crippen LogP contribution in [0, 0.1) is 0 Å². The lowest BCUT2D eigenvalue weighted by Crippen LogP contribution is -2.30. The van der Waals surface area contributed by atoms with Gasteiger partial charge in [0.25, 0.3) is 0 Å². The normalized spacial score (nSPS) is 12.0. The van der Waals surface area contributed by atoms with Crippen molar-refractivity contribution in [3.8, 4) is 0 Å². The van der Waals surface area contributed by atoms with Crippen LogP contribution in [0.1, 0.15) is 355 Å². The van der Waals surface area contributed by atoms with E-state index in [1.165, 1.54) is 257 Å². The van der Waals surface area contributed by atoms with Gasteiger partial charge in [0.2, 0.25) is 0 Å². The maximum Gasteiger partial charge on any atom is 0.306 e. The highest BCUT2D eigenvalue weighted by atomic mass is 16.6. The van der Waals surface area contributed by atoms with Crippen LogP contribution in [0.2, 0.25) is 0 Å². The van der Waals surface area contributed by atoms with E-state index in [4.69, 9.17) is 14.2 Å². The zero-order chi connectivity index (χ0) is 50.0. The number of carbonyl (C=O) groups excluding carboxylic acids is 3. The summed E-state index contributed by atoms with van der Waals surface area (Å²) in [5.74, 6) is -0.839. The molecule has 0 unspecified atom stereocenters. The van der Waals surface area contributed by atoms with Crippen molar-refractivity contribution in [2.75, 3.05) is 13.2 Å². The summed E-state index contributed by atoms with van der Waals surface area (Å²) in [6, 6.07) is 0. The molecule has 0 amide bonds. The predicted octanol–water partition coefficient (Wildman–Crippen LogP) is 20.9. The van der Waals surface area contributed by atoms with Gasteiger partial charge in [-0.2, -0.15) is 0 Å². The first-order chi connectivity index (χ1) is 34.0. The first kappa shape index (κ1) is 67.1. The van der Waals surface area contributed by atoms with Crippen molar-refractivity contribution in [2.24, 2.45) is 0 Å². The second-order valence-electron chi connectivity index (χ2n) is 21.3. The Kier molecular flexibility index (Phi) is 57.1. The summed E-state index contributed by atoms with van der Waals surface area (Å²) in [5, 5.41) is 0. The molecule has 0 aliphatic heterocycles. The van der Waals surface area contributed by atoms with E-state index >= 15 is 0 Å². The number of hydrogen-bond donors (Lipinski definition) is 0. The highest BCUT2D eigenvalue weighted by molar-refractivity contribution is 5.71. The van der Waals surface area contributed by atoms with Crippen molar-refractivity contribution in [1.29, 1.82) is 0 Å². The Bertz CT molecular complexity index is 1070. The summed E-state index contributed by atoms with van der Waals surface area (Å²) in [4.78, 5) is 38.2. The molecule has 408 valence electrons. The molecule has 0 fully saturated rings. The van der Waals surface area contributed by atoms with Crippen LogP contribution in [-0.4, -0.2) is 37.2 Å². The summed E-state index contributed by atoms with van der Waals surface area (Å²) in [6.45, 7) is 6.70. The minimum atomic E-state index is -0.765. The number of rotatable bonds is 58. The molecule has 0 heterocycles. The lowest BCUT2D eigenvalue weighted by molar-refractivity contribution is -0.167. The van der Waals surface area contributed by atoms with Gasteiger partial charge in [-0.15, -0.1) is 0 Å². The van der Waals surface area contributed by atoms with Crippen molar-refractivity contribution in [2.45, 2.75) is 361 Å². The van der Waals surface area contributed by atoms with Crippen molar-refractivity contribution in [1.82, 2.24) is 0 Å². The number of allylic oxidation sites excluding steroid dienone is 2. The molecule has 0 aromatic heterocycles. The molecule has 0 N–H and O–H groups in total. The maximum atomic E-state index is 12.9. The maximum absolute atomic E-state index is 12.9. The monoisotopic (exact) mass is 973 g/mol. The van der Waals surface area contributed by atoms with E-state index in [1.54, 1.807) is 0 Å². The molecule has 6 nitrogen and oxygen atoms in total. The number of carbonyl (C=O) groups is 3. The molecule has 0 rings (SSSR count). The second kappa shape index (κ2) is 58.7. The van der Waals surface area contributed by atoms with Gasteiger partial charge in [-0.3, -0.25) is 14.4 Å². The zero-order valence-corrected chi connectivity index (χ0v) is 46.9. The van der Waals surface area contributed by atoms with Crippen LogP contribution < -0.4 is 0 Å². The fourth-order valence-corrected chi connectivity index (χ4v) is 9.56. The van der Waals surface area contributed by atoms with Crippen molar-refractivity contribution < 1.29 is 28.6 Å². The van der Waals surface area contributed by atoms with Gasteiger partial charge in [0.1, 0.15) is 13.2 Å². The highest BCUT2D eigenvalue weighted by Crippen LogP contribution is 2.18. The molecule has 0 aromatic rings. The van der Waals surface area contributed by atoms with E-state index < -0.39 is 6.10 Å². The van der Waals surface area contributed by atoms with E-state index in [2.05, 4.69) is 32.9 Å². The average molecular weight is 974 g/mol. The van der Waals surface area contributed by atoms with E-state index in [9.17, 15) is 14.4 Å². The van der Waals surface area contributed by atoms with Gasteiger partial charge in [0, 0.05) is 19.3 Å². The molecule has 0 aliphatic rings. The van der Waals surface area contributed by atoms with Crippen LogP contribution in [-0.2, 0) is 28.6 Å². The van der Waals surface area contributed by atoms with Gasteiger partial charge in [0.05, 0.1) is 0 Å². The van der Waals surface area contributed by atoms with Gasteiger partial charge in [-0.25, -0.2) is 0 Å². The van der Waals surface area contributed by atoms with Crippen LogP contribution >= 0.6 is 0 Å². The van der Waals surface area contributed by atoms with Gasteiger partial charge in [0.15, 0.2) is 6.10 Å². The van der Waals surface area contributed by atoms with Crippen LogP contribution in [0.25, 0.3) is 0 Å². The van der Waals surface area contributed by atoms with Crippen LogP contribution in [0.5, 0.6) is 0 Å². The molecule has 6 heteroatoms. The third-order valence-electron chi connectivity index (χ3n) is 14.3. The largest absolute Gasteiger partial charge is 0.462 e. The molecule has 0 radical (unpaired) electrons. The fraction of sp³-hybridized carbons (Fsp3) is 0.921. The van der Waals surface area contributed by atoms with Crippen molar-refractivity contribution in [3.63, 3.8) is 0 Å². The van der Waals surface area contributed by atoms with Gasteiger partial charge >= 0.3 is 17.9 Å². The first-order valence-electron chi connectivity index (χ1n) is 31.2. The Morgan fingerprint density at radius 2 is 0.478 bits per heavy atom. The van der Waals surface area contributed by atoms with Crippen LogP contribution in [0.15, 0.2) is 12.2 Å². The molecule has 1 atom stereocenters. The number of hydrogen-bond acceptors (Lipinski definition) is 6. The molecule has 69 heavy (non-hydrogen) atoms. The van der Waals surface area contributed by atoms with Crippen LogP contribution in [0.3, 0.4) is 0 Å². The summed E-state index contributed by atoms with van der Waals surface area (Å²) >= 11 is 0. The van der Waals surface area contributed by atoms with E-state index in [-0.39, 0.29) is 31.1 Å². The summed E-state index contributed by atoms with van der Waals surface area (Å²) in [7, 11) is 0. The Hall–Kier alpha value is -1.85. The predicted molar refractivity (Wildman–Crippen MR) is 298 cm³/mol. The molecule has 0 spiro atoms. The number of ether oxygens (including phenoxy) is 3. The zero-order valence-electron chi connectivity index (χ0n) is 46.9. The third kappa shape index (κ3) is 56.9. The van der Waals surface area contributed by atoms with E-state index in [0.29, 0.717) is 19.3 Å². The van der Waals surface area contributed by atoms with E-state index in [1.807, 2.05) is 0 Å². The minimum absolute atomic E-state index is 0.0643. The smallest absolute Gasteiger partial charge is 0.306 e. The van der Waals surface area contributed by atoms with Gasteiger partial charge in [-0.05, 0) is 44.9 Å². The lowest BCUT2D eigenvalue weighted by Gasteiger charge is -2.18. The average Bonchev–Trinajstić information content (AvgIpc) is 3.35. The van der Waals surface area contributed by atoms with Crippen LogP contribution in [0.4, 0.5) is 0 Å². The SMILES string of the molecule is CCCCCCCC/C=C\CCCCCCCCCCCC(=O)OC[C@H](COC(=O)CCCCCCCCCCCCC)OC(=O)CCCCCCCCCCCCCCCCCCCCCCC. The number of unbranched alkanes of at least 4 members (excludes halogenated alkanes) is 45. The Balaban J connectivity index is 4.23. The Morgan fingerprint density at radius 3 is 0.725 bits per heavy atom. The van der Waals surface area contributed by atoms with Crippen molar-refractivity contribution in [3.05, 3.63) is 12.2 Å². The Labute approximate surface area is 431 Å². The van der Waals surface area contributed by atoms with Gasteiger partial charge < -0.3 is 14.2 Å². The van der Waals surface area contributed by atoms with Gasteiger partial charge in [-0.1, -0.05) is 303 Å². The van der Waals surface area contributed by atoms with E-state index in [0.717, 1.165) is 57.8 Å². The Morgan fingerprint density at radius 1 is 0.275 bits per heavy atom. The minimum Gasteiger partial charge on any atom is -0.462 e. The molecule has 0 aromatic carbocycles. The molecular formula is C63H120O6. The summed E-state index contributed by atoms with van der Waals surface area (Å²) in [5.41, 5.74) is 0. The van der Waals surface area contributed by atoms with Crippen molar-refractivity contribution >= 4 is 17.9 Å². The molecular weight excluding hydrogens is 853 g/mol. The highest BCUT2D eigenvalue weighted by Gasteiger charge is 2.19. The molecule has 0 saturated heterocycles. The topological polar surface area (TPSA) is 78.9 Å². The summed E-state index contributed by atoms with van der Waals surface area (Å²) < 4.78 is 16.9. The fourth-order valence-electron chi connectivity index (χ4n) is 9.56. The summed E-state index contributed by atoms with van der Waals surface area (Å²) in [6.07, 6.45) is 67.9. The molecule has 0 saturated carbocycles. The lowest BCUT2D eigenvalue weighted by atomic mass is 10.0. The standard InChI is InChI=1S/C63H120O6/c1-4-7-10-13-16-19-22-24-26-28-30-31-33-35-37-39-42-45-48-51-54-57-63(66)69-60(58-67-61(64)55-52-49-46-43-40-21-18-15-12-9-6-3)59-68-62(65)56-53-50-47-44-41-38-36-34-32-29-27-25-23-20-17-14-11-8-5-2/h25,27,60H,4-24,26,28-59H2,1-3H3/b27-25-/t60-/m0/s1. The molecule has 0 aliphatic carbocycles. The second-order valence-corrected chi connectivity index (χ2v) is 21.3. The third-order valence-corrected chi connectivity index (χ3v) is 14.3.